The van der Waals surface area contributed by atoms with Crippen molar-refractivity contribution in [2.24, 2.45) is 7.05 Å². The van der Waals surface area contributed by atoms with Crippen LogP contribution in [0.4, 0.5) is 0 Å². The van der Waals surface area contributed by atoms with Gasteiger partial charge in [0.1, 0.15) is 4.90 Å². The van der Waals surface area contributed by atoms with Crippen LogP contribution >= 0.6 is 0 Å². The summed E-state index contributed by atoms with van der Waals surface area (Å²) in [6.45, 7) is 3.64. The lowest BCUT2D eigenvalue weighted by atomic mass is 10.3. The Morgan fingerprint density at radius 3 is 2.59 bits per heavy atom. The van der Waals surface area contributed by atoms with Gasteiger partial charge in [0.15, 0.2) is 0 Å². The van der Waals surface area contributed by atoms with Crippen LogP contribution in [0.15, 0.2) is 4.90 Å². The number of nitrogens with one attached hydrogen (secondary N) is 1. The topological polar surface area (TPSA) is 87.8 Å². The summed E-state index contributed by atoms with van der Waals surface area (Å²) in [6, 6.07) is 1.97. The van der Waals surface area contributed by atoms with Crippen molar-refractivity contribution in [1.82, 2.24) is 14.5 Å². The second kappa shape index (κ2) is 5.29. The second-order valence-electron chi connectivity index (χ2n) is 3.78. The van der Waals surface area contributed by atoms with Crippen LogP contribution in [0.2, 0.25) is 0 Å². The van der Waals surface area contributed by atoms with E-state index in [9.17, 15) is 8.42 Å². The predicted octanol–water partition coefficient (Wildman–Crippen LogP) is 0.619. The summed E-state index contributed by atoms with van der Waals surface area (Å²) in [4.78, 5) is 0.233. The summed E-state index contributed by atoms with van der Waals surface area (Å²) in [5.74, 6) is 0. The molecule has 0 atom stereocenters. The van der Waals surface area contributed by atoms with Crippen molar-refractivity contribution in [3.63, 3.8) is 0 Å². The van der Waals surface area contributed by atoms with Crippen LogP contribution in [-0.4, -0.2) is 24.7 Å². The Morgan fingerprint density at radius 1 is 1.47 bits per heavy atom. The van der Waals surface area contributed by atoms with Crippen molar-refractivity contribution < 1.29 is 8.42 Å². The highest BCUT2D eigenvalue weighted by molar-refractivity contribution is 7.89. The van der Waals surface area contributed by atoms with Crippen molar-refractivity contribution in [3.05, 3.63) is 11.4 Å². The third-order valence-electron chi connectivity index (χ3n) is 2.47. The highest BCUT2D eigenvalue weighted by Gasteiger charge is 2.22. The molecule has 0 aromatic carbocycles. The molecular formula is C10H16N4O2S. The summed E-state index contributed by atoms with van der Waals surface area (Å²) in [5, 5.41) is 12.4. The molecule has 0 aliphatic carbocycles. The fourth-order valence-electron chi connectivity index (χ4n) is 1.59. The van der Waals surface area contributed by atoms with Crippen molar-refractivity contribution in [2.75, 3.05) is 6.54 Å². The third-order valence-corrected chi connectivity index (χ3v) is 4.18. The summed E-state index contributed by atoms with van der Waals surface area (Å²) in [7, 11) is -1.82. The molecule has 1 heterocycles. The lowest BCUT2D eigenvalue weighted by Gasteiger charge is -2.05. The summed E-state index contributed by atoms with van der Waals surface area (Å²) in [5.41, 5.74) is 1.09. The molecule has 0 unspecified atom stereocenters. The zero-order chi connectivity index (χ0) is 13.1. The highest BCUT2D eigenvalue weighted by Crippen LogP contribution is 2.17. The average Bonchev–Trinajstić information content (AvgIpc) is 2.48. The number of hydrogen-bond donors (Lipinski definition) is 1. The molecular weight excluding hydrogens is 240 g/mol. The van der Waals surface area contributed by atoms with E-state index in [1.54, 1.807) is 25.6 Å². The van der Waals surface area contributed by atoms with Gasteiger partial charge in [-0.05, 0) is 20.3 Å². The molecule has 94 valence electrons. The van der Waals surface area contributed by atoms with Crippen LogP contribution < -0.4 is 4.72 Å². The first-order valence-corrected chi connectivity index (χ1v) is 6.75. The summed E-state index contributed by atoms with van der Waals surface area (Å²) < 4.78 is 28.0. The lowest BCUT2D eigenvalue weighted by molar-refractivity contribution is 0.578. The smallest absolute Gasteiger partial charge is 0.244 e. The van der Waals surface area contributed by atoms with Gasteiger partial charge in [-0.15, -0.1) is 0 Å². The third kappa shape index (κ3) is 3.05. The van der Waals surface area contributed by atoms with E-state index in [0.717, 1.165) is 0 Å². The average molecular weight is 256 g/mol. The van der Waals surface area contributed by atoms with Crippen molar-refractivity contribution in [1.29, 1.82) is 5.26 Å². The second-order valence-corrected chi connectivity index (χ2v) is 5.49. The van der Waals surface area contributed by atoms with E-state index in [0.29, 0.717) is 24.2 Å². The fourth-order valence-corrected chi connectivity index (χ4v) is 3.10. The maximum atomic E-state index is 12.0. The Hall–Kier alpha value is -1.39. The molecule has 1 aromatic heterocycles. The molecule has 6 nitrogen and oxygen atoms in total. The molecule has 0 aliphatic rings. The highest BCUT2D eigenvalue weighted by atomic mass is 32.2. The van der Waals surface area contributed by atoms with E-state index in [1.807, 2.05) is 6.07 Å². The molecule has 0 fully saturated rings. The van der Waals surface area contributed by atoms with Gasteiger partial charge in [0, 0.05) is 20.0 Å². The van der Waals surface area contributed by atoms with E-state index in [1.165, 1.54) is 0 Å². The van der Waals surface area contributed by atoms with Crippen LogP contribution in [0.25, 0.3) is 0 Å². The first-order chi connectivity index (χ1) is 7.90. The zero-order valence-electron chi connectivity index (χ0n) is 10.2. The molecule has 17 heavy (non-hydrogen) atoms. The normalized spacial score (nSPS) is 11.4. The zero-order valence-corrected chi connectivity index (χ0v) is 11.0. The van der Waals surface area contributed by atoms with Crippen molar-refractivity contribution in [3.8, 4) is 6.07 Å². The standard InChI is InChI=1S/C10H16N4O2S/c1-8-10(9(2)14(3)13-8)17(15,16)12-7-5-4-6-11/h12H,4-5,7H2,1-3H3. The van der Waals surface area contributed by atoms with Gasteiger partial charge in [-0.2, -0.15) is 10.4 Å². The number of aromatic nitrogens is 2. The molecule has 0 amide bonds. The number of unbranched alkanes of at least 4 members (excludes halogenated alkanes) is 1. The molecule has 1 aromatic rings. The largest absolute Gasteiger partial charge is 0.271 e. The van der Waals surface area contributed by atoms with Crippen LogP contribution in [0, 0.1) is 25.2 Å². The van der Waals surface area contributed by atoms with Crippen molar-refractivity contribution in [2.45, 2.75) is 31.6 Å². The monoisotopic (exact) mass is 256 g/mol. The maximum Gasteiger partial charge on any atom is 0.244 e. The first-order valence-electron chi connectivity index (χ1n) is 5.27. The summed E-state index contributed by atoms with van der Waals surface area (Å²) >= 11 is 0. The van der Waals surface area contributed by atoms with Crippen molar-refractivity contribution >= 4 is 10.0 Å². The number of hydrogen-bond acceptors (Lipinski definition) is 4. The Balaban J connectivity index is 2.87. The molecule has 0 bridgehead atoms. The number of sulfonamides is 1. The van der Waals surface area contributed by atoms with Gasteiger partial charge in [-0.1, -0.05) is 0 Å². The van der Waals surface area contributed by atoms with Gasteiger partial charge in [0.2, 0.25) is 10.0 Å². The minimum Gasteiger partial charge on any atom is -0.271 e. The number of nitrogens with zero attached hydrogens (tertiary/aromatic N) is 3. The van der Waals surface area contributed by atoms with E-state index < -0.39 is 10.0 Å². The molecule has 7 heteroatoms. The molecule has 0 aliphatic heterocycles. The minimum absolute atomic E-state index is 0.233. The van der Waals surface area contributed by atoms with Crippen LogP contribution in [0.3, 0.4) is 0 Å². The number of rotatable bonds is 5. The van der Waals surface area contributed by atoms with Gasteiger partial charge >= 0.3 is 0 Å². The lowest BCUT2D eigenvalue weighted by Crippen LogP contribution is -2.25. The van der Waals surface area contributed by atoms with E-state index in [2.05, 4.69) is 9.82 Å². The number of aryl methyl sites for hydroxylation is 2. The van der Waals surface area contributed by atoms with Gasteiger partial charge in [0.05, 0.1) is 17.5 Å². The maximum absolute atomic E-state index is 12.0. The van der Waals surface area contributed by atoms with Gasteiger partial charge in [-0.25, -0.2) is 13.1 Å². The Morgan fingerprint density at radius 2 is 2.12 bits per heavy atom. The predicted molar refractivity (Wildman–Crippen MR) is 62.7 cm³/mol. The minimum atomic E-state index is -3.52. The Kier molecular flexibility index (Phi) is 4.26. The summed E-state index contributed by atoms with van der Waals surface area (Å²) in [6.07, 6.45) is 0.849. The molecule has 1 rings (SSSR count). The molecule has 0 spiro atoms. The Bertz CT molecular complexity index is 539. The van der Waals surface area contributed by atoms with Crippen LogP contribution in [0.5, 0.6) is 0 Å². The molecule has 1 N–H and O–H groups in total. The first kappa shape index (κ1) is 13.7. The molecule has 0 saturated carbocycles. The van der Waals surface area contributed by atoms with Gasteiger partial charge in [-0.3, -0.25) is 4.68 Å². The molecule has 0 radical (unpaired) electrons. The SMILES string of the molecule is Cc1nn(C)c(C)c1S(=O)(=O)NCCCC#N. The quantitative estimate of drug-likeness (QED) is 0.782. The Labute approximate surface area is 101 Å². The molecule has 0 saturated heterocycles. The van der Waals surface area contributed by atoms with Gasteiger partial charge < -0.3 is 0 Å². The van der Waals surface area contributed by atoms with Gasteiger partial charge in [0.25, 0.3) is 0 Å². The van der Waals surface area contributed by atoms with E-state index in [-0.39, 0.29) is 11.4 Å². The van der Waals surface area contributed by atoms with E-state index >= 15 is 0 Å². The van der Waals surface area contributed by atoms with Crippen LogP contribution in [0.1, 0.15) is 24.2 Å². The van der Waals surface area contributed by atoms with E-state index in [4.69, 9.17) is 5.26 Å². The van der Waals surface area contributed by atoms with Crippen LogP contribution in [-0.2, 0) is 17.1 Å². The fraction of sp³-hybridized carbons (Fsp3) is 0.600. The number of nitriles is 1.